The average Bonchev–Trinajstić information content (AvgIpc) is 3.33. The number of methoxy groups -OCH3 is 2. The molecule has 0 radical (unpaired) electrons. The van der Waals surface area contributed by atoms with Gasteiger partial charge in [0.15, 0.2) is 0 Å². The Morgan fingerprint density at radius 1 is 1.13 bits per heavy atom. The molecule has 0 unspecified atom stereocenters. The molecule has 2 N–H and O–H groups in total. The third-order valence-corrected chi connectivity index (χ3v) is 6.39. The van der Waals surface area contributed by atoms with Crippen molar-refractivity contribution in [2.75, 3.05) is 24.9 Å². The lowest BCUT2D eigenvalue weighted by Gasteiger charge is -2.13. The molecule has 0 spiro atoms. The monoisotopic (exact) mass is 426 g/mol. The molecule has 156 valence electrons. The Hall–Kier alpha value is -3.06. The molecule has 30 heavy (non-hydrogen) atoms. The Balaban J connectivity index is 1.61. The second-order valence-corrected chi connectivity index (χ2v) is 8.17. The van der Waals surface area contributed by atoms with E-state index < -0.39 is 0 Å². The fourth-order valence-electron chi connectivity index (χ4n) is 3.69. The van der Waals surface area contributed by atoms with Gasteiger partial charge in [0.25, 0.3) is 5.91 Å². The summed E-state index contributed by atoms with van der Waals surface area (Å²) in [4.78, 5) is 14.5. The number of hydrogen-bond donors (Lipinski definition) is 2. The van der Waals surface area contributed by atoms with Gasteiger partial charge in [0.1, 0.15) is 22.3 Å². The van der Waals surface area contributed by atoms with Crippen LogP contribution in [-0.4, -0.2) is 20.1 Å². The molecule has 0 atom stereocenters. The number of halogens is 1. The fourth-order valence-corrected chi connectivity index (χ4v) is 4.98. The van der Waals surface area contributed by atoms with Gasteiger partial charge < -0.3 is 20.1 Å². The topological polar surface area (TPSA) is 59.6 Å². The lowest BCUT2D eigenvalue weighted by Crippen LogP contribution is -2.16. The van der Waals surface area contributed by atoms with E-state index in [0.717, 1.165) is 35.4 Å². The van der Waals surface area contributed by atoms with E-state index in [1.807, 2.05) is 6.07 Å². The zero-order valence-corrected chi connectivity index (χ0v) is 17.7. The minimum Gasteiger partial charge on any atom is -0.497 e. The number of nitrogens with one attached hydrogen (secondary N) is 2. The molecule has 1 heterocycles. The maximum Gasteiger partial charge on any atom is 0.259 e. The van der Waals surface area contributed by atoms with Gasteiger partial charge in [0.2, 0.25) is 0 Å². The van der Waals surface area contributed by atoms with E-state index in [9.17, 15) is 9.18 Å². The number of thiophene rings is 1. The summed E-state index contributed by atoms with van der Waals surface area (Å²) < 4.78 is 24.2. The molecule has 4 rings (SSSR count). The summed E-state index contributed by atoms with van der Waals surface area (Å²) >= 11 is 1.61. The van der Waals surface area contributed by atoms with Crippen LogP contribution in [0.2, 0.25) is 0 Å². The molecule has 1 aromatic heterocycles. The van der Waals surface area contributed by atoms with Crippen LogP contribution in [0.4, 0.5) is 15.1 Å². The van der Waals surface area contributed by atoms with Gasteiger partial charge in [0, 0.05) is 17.5 Å². The number of carbonyl (C=O) groups is 1. The highest BCUT2D eigenvalue weighted by Gasteiger charge is 2.27. The lowest BCUT2D eigenvalue weighted by atomic mass is 10.1. The Morgan fingerprint density at radius 2 is 2.00 bits per heavy atom. The predicted octanol–water partition coefficient (Wildman–Crippen LogP) is 5.26. The number of carbonyl (C=O) groups excluding carboxylic acids is 1. The highest BCUT2D eigenvalue weighted by atomic mass is 32.1. The van der Waals surface area contributed by atoms with E-state index in [4.69, 9.17) is 9.47 Å². The third kappa shape index (κ3) is 4.11. The van der Waals surface area contributed by atoms with Gasteiger partial charge in [-0.15, -0.1) is 11.3 Å². The van der Waals surface area contributed by atoms with E-state index in [-0.39, 0.29) is 11.7 Å². The second kappa shape index (κ2) is 8.75. The van der Waals surface area contributed by atoms with Gasteiger partial charge in [-0.05, 0) is 54.7 Å². The smallest absolute Gasteiger partial charge is 0.259 e. The van der Waals surface area contributed by atoms with Crippen LogP contribution in [-0.2, 0) is 19.4 Å². The SMILES string of the molecule is COc1ccc(OC)c(NC(=O)c2c(NCc3cccc(F)c3)sc3c2CCC3)c1. The summed E-state index contributed by atoms with van der Waals surface area (Å²) in [5.41, 5.74) is 3.13. The van der Waals surface area contributed by atoms with Gasteiger partial charge in [-0.3, -0.25) is 4.79 Å². The number of benzene rings is 2. The second-order valence-electron chi connectivity index (χ2n) is 7.07. The van der Waals surface area contributed by atoms with Crippen molar-refractivity contribution in [3.05, 3.63) is 69.8 Å². The Labute approximate surface area is 178 Å². The minimum atomic E-state index is -0.272. The summed E-state index contributed by atoms with van der Waals surface area (Å²) in [6.45, 7) is 0.444. The van der Waals surface area contributed by atoms with Crippen LogP contribution in [0.25, 0.3) is 0 Å². The van der Waals surface area contributed by atoms with E-state index in [2.05, 4.69) is 10.6 Å². The highest BCUT2D eigenvalue weighted by molar-refractivity contribution is 7.16. The van der Waals surface area contributed by atoms with Crippen molar-refractivity contribution in [3.8, 4) is 11.5 Å². The van der Waals surface area contributed by atoms with E-state index in [0.29, 0.717) is 29.3 Å². The van der Waals surface area contributed by atoms with Gasteiger partial charge in [0.05, 0.1) is 25.5 Å². The summed E-state index contributed by atoms with van der Waals surface area (Å²) in [7, 11) is 3.14. The number of rotatable bonds is 7. The van der Waals surface area contributed by atoms with Gasteiger partial charge >= 0.3 is 0 Å². The van der Waals surface area contributed by atoms with E-state index in [1.54, 1.807) is 49.8 Å². The number of ether oxygens (including phenoxy) is 2. The average molecular weight is 427 g/mol. The van der Waals surface area contributed by atoms with Crippen LogP contribution in [0.5, 0.6) is 11.5 Å². The molecule has 0 fully saturated rings. The molecule has 7 heteroatoms. The van der Waals surface area contributed by atoms with Crippen LogP contribution >= 0.6 is 11.3 Å². The van der Waals surface area contributed by atoms with Crippen molar-refractivity contribution in [1.29, 1.82) is 0 Å². The van der Waals surface area contributed by atoms with Crippen molar-refractivity contribution in [2.45, 2.75) is 25.8 Å². The van der Waals surface area contributed by atoms with Crippen LogP contribution in [0.15, 0.2) is 42.5 Å². The lowest BCUT2D eigenvalue weighted by molar-refractivity contribution is 0.102. The molecule has 5 nitrogen and oxygen atoms in total. The number of aryl methyl sites for hydroxylation is 1. The molecule has 0 saturated heterocycles. The molecular weight excluding hydrogens is 403 g/mol. The molecule has 0 saturated carbocycles. The number of anilines is 2. The number of hydrogen-bond acceptors (Lipinski definition) is 5. The number of amides is 1. The van der Waals surface area contributed by atoms with E-state index in [1.165, 1.54) is 17.0 Å². The van der Waals surface area contributed by atoms with Crippen molar-refractivity contribution in [1.82, 2.24) is 0 Å². The molecule has 1 aliphatic rings. The Kier molecular flexibility index (Phi) is 5.90. The first-order chi connectivity index (χ1) is 14.6. The van der Waals surface area contributed by atoms with Crippen LogP contribution in [0.1, 0.15) is 32.8 Å². The van der Waals surface area contributed by atoms with Crippen molar-refractivity contribution in [2.24, 2.45) is 0 Å². The molecule has 3 aromatic rings. The fraction of sp³-hybridized carbons (Fsp3) is 0.261. The van der Waals surface area contributed by atoms with Crippen LogP contribution < -0.4 is 20.1 Å². The first kappa shape index (κ1) is 20.2. The molecule has 0 aliphatic heterocycles. The van der Waals surface area contributed by atoms with Crippen LogP contribution in [0.3, 0.4) is 0 Å². The van der Waals surface area contributed by atoms with Gasteiger partial charge in [-0.1, -0.05) is 12.1 Å². The Bertz CT molecular complexity index is 1080. The van der Waals surface area contributed by atoms with Gasteiger partial charge in [-0.2, -0.15) is 0 Å². The van der Waals surface area contributed by atoms with E-state index >= 15 is 0 Å². The molecule has 1 amide bonds. The Morgan fingerprint density at radius 3 is 2.77 bits per heavy atom. The third-order valence-electron chi connectivity index (χ3n) is 5.15. The van der Waals surface area contributed by atoms with Gasteiger partial charge in [-0.25, -0.2) is 4.39 Å². The quantitative estimate of drug-likeness (QED) is 0.541. The minimum absolute atomic E-state index is 0.192. The molecule has 1 aliphatic carbocycles. The van der Waals surface area contributed by atoms with Crippen molar-refractivity contribution >= 4 is 27.9 Å². The molecule has 0 bridgehead atoms. The number of fused-ring (bicyclic) bond motifs is 1. The molecular formula is C23H23FN2O3S. The summed E-state index contributed by atoms with van der Waals surface area (Å²) in [5.74, 6) is 0.727. The zero-order chi connectivity index (χ0) is 21.1. The maximum atomic E-state index is 13.5. The maximum absolute atomic E-state index is 13.5. The largest absolute Gasteiger partial charge is 0.497 e. The van der Waals surface area contributed by atoms with Crippen molar-refractivity contribution in [3.63, 3.8) is 0 Å². The molecule has 2 aromatic carbocycles. The summed E-state index contributed by atoms with van der Waals surface area (Å²) in [5, 5.41) is 7.13. The standard InChI is InChI=1S/C23H23FN2O3S/c1-28-16-9-10-19(29-2)18(12-16)26-22(27)21-17-7-4-8-20(17)30-23(21)25-13-14-5-3-6-15(24)11-14/h3,5-6,9-12,25H,4,7-8,13H2,1-2H3,(H,26,27). The summed E-state index contributed by atoms with van der Waals surface area (Å²) in [6, 6.07) is 11.7. The highest BCUT2D eigenvalue weighted by Crippen LogP contribution is 2.40. The van der Waals surface area contributed by atoms with Crippen LogP contribution in [0, 0.1) is 5.82 Å². The summed E-state index contributed by atoms with van der Waals surface area (Å²) in [6.07, 6.45) is 2.91. The first-order valence-corrected chi connectivity index (χ1v) is 10.6. The predicted molar refractivity (Wildman–Crippen MR) is 118 cm³/mol. The normalized spacial score (nSPS) is 12.4. The zero-order valence-electron chi connectivity index (χ0n) is 16.9. The first-order valence-electron chi connectivity index (χ1n) is 9.75. The van der Waals surface area contributed by atoms with Crippen molar-refractivity contribution < 1.29 is 18.7 Å².